The van der Waals surface area contributed by atoms with Crippen LogP contribution in [0, 0.1) is 12.7 Å². The molecule has 1 aromatic rings. The first-order valence-electron chi connectivity index (χ1n) is 6.90. The van der Waals surface area contributed by atoms with E-state index in [1.165, 1.54) is 12.1 Å². The molecule has 1 heterocycles. The second kappa shape index (κ2) is 8.22. The minimum absolute atomic E-state index is 0. The molecule has 0 spiro atoms. The van der Waals surface area contributed by atoms with E-state index in [4.69, 9.17) is 0 Å². The summed E-state index contributed by atoms with van der Waals surface area (Å²) in [5, 5.41) is 6.24. The van der Waals surface area contributed by atoms with Gasteiger partial charge in [0.2, 0.25) is 5.91 Å². The van der Waals surface area contributed by atoms with Crippen molar-refractivity contribution >= 4 is 18.3 Å². The molecular weight excluding hydrogens is 279 g/mol. The standard InChI is InChI=1S/C15H21FN2O.ClH/c1-11-9-13(16)5-4-12(11)6-8-18-15(19)10-14-3-2-7-17-14;/h4-5,9,14,17H,2-3,6-8,10H2,1H3,(H,18,19);1H. The van der Waals surface area contributed by atoms with Gasteiger partial charge in [0.25, 0.3) is 0 Å². The van der Waals surface area contributed by atoms with Crippen molar-refractivity contribution in [3.05, 3.63) is 35.1 Å². The van der Waals surface area contributed by atoms with E-state index in [2.05, 4.69) is 10.6 Å². The Kier molecular flexibility index (Phi) is 6.96. The summed E-state index contributed by atoms with van der Waals surface area (Å²) in [6.07, 6.45) is 3.55. The number of hydrogen-bond donors (Lipinski definition) is 2. The quantitative estimate of drug-likeness (QED) is 0.876. The van der Waals surface area contributed by atoms with Crippen LogP contribution in [0.1, 0.15) is 30.4 Å². The molecule has 5 heteroatoms. The number of amides is 1. The van der Waals surface area contributed by atoms with Crippen LogP contribution in [0.5, 0.6) is 0 Å². The van der Waals surface area contributed by atoms with Crippen molar-refractivity contribution in [1.82, 2.24) is 10.6 Å². The Labute approximate surface area is 125 Å². The topological polar surface area (TPSA) is 41.1 Å². The van der Waals surface area contributed by atoms with E-state index in [0.29, 0.717) is 19.0 Å². The van der Waals surface area contributed by atoms with Crippen LogP contribution in [0.3, 0.4) is 0 Å². The molecule has 1 unspecified atom stereocenters. The Morgan fingerprint density at radius 2 is 2.30 bits per heavy atom. The Hall–Kier alpha value is -1.13. The predicted molar refractivity (Wildman–Crippen MR) is 80.7 cm³/mol. The molecule has 2 rings (SSSR count). The van der Waals surface area contributed by atoms with Gasteiger partial charge >= 0.3 is 0 Å². The van der Waals surface area contributed by atoms with Crippen molar-refractivity contribution in [2.75, 3.05) is 13.1 Å². The van der Waals surface area contributed by atoms with Crippen molar-refractivity contribution in [3.63, 3.8) is 0 Å². The summed E-state index contributed by atoms with van der Waals surface area (Å²) < 4.78 is 12.9. The van der Waals surface area contributed by atoms with E-state index in [1.54, 1.807) is 6.07 Å². The molecule has 20 heavy (non-hydrogen) atoms. The summed E-state index contributed by atoms with van der Waals surface area (Å²) >= 11 is 0. The molecule has 3 nitrogen and oxygen atoms in total. The van der Waals surface area contributed by atoms with Gasteiger partial charge in [-0.25, -0.2) is 4.39 Å². The average molecular weight is 301 g/mol. The summed E-state index contributed by atoms with van der Waals surface area (Å²) in [5.41, 5.74) is 2.02. The van der Waals surface area contributed by atoms with Gasteiger partial charge in [0.15, 0.2) is 0 Å². The highest BCUT2D eigenvalue weighted by Gasteiger charge is 2.17. The summed E-state index contributed by atoms with van der Waals surface area (Å²) in [5.74, 6) is -0.114. The Balaban J connectivity index is 0.00000200. The molecule has 1 aromatic carbocycles. The van der Waals surface area contributed by atoms with Crippen LogP contribution in [0.4, 0.5) is 4.39 Å². The molecule has 0 saturated carbocycles. The number of aryl methyl sites for hydroxylation is 1. The third-order valence-corrected chi connectivity index (χ3v) is 3.62. The predicted octanol–water partition coefficient (Wildman–Crippen LogP) is 2.36. The van der Waals surface area contributed by atoms with Gasteiger partial charge in [0, 0.05) is 19.0 Å². The molecule has 0 bridgehead atoms. The fourth-order valence-corrected chi connectivity index (χ4v) is 2.50. The Bertz CT molecular complexity index is 447. The molecule has 1 aliphatic heterocycles. The minimum atomic E-state index is -0.211. The van der Waals surface area contributed by atoms with Crippen LogP contribution >= 0.6 is 12.4 Å². The Morgan fingerprint density at radius 3 is 2.95 bits per heavy atom. The van der Waals surface area contributed by atoms with Crippen LogP contribution < -0.4 is 10.6 Å². The highest BCUT2D eigenvalue weighted by atomic mass is 35.5. The molecule has 2 N–H and O–H groups in total. The van der Waals surface area contributed by atoms with E-state index in [9.17, 15) is 9.18 Å². The first kappa shape index (κ1) is 16.9. The normalized spacial score (nSPS) is 17.6. The summed E-state index contributed by atoms with van der Waals surface area (Å²) in [4.78, 5) is 11.7. The number of carbonyl (C=O) groups excluding carboxylic acids is 1. The summed E-state index contributed by atoms with van der Waals surface area (Å²) in [6.45, 7) is 3.52. The maximum atomic E-state index is 12.9. The maximum absolute atomic E-state index is 12.9. The molecule has 0 radical (unpaired) electrons. The number of halogens is 2. The lowest BCUT2D eigenvalue weighted by Crippen LogP contribution is -2.32. The first-order valence-corrected chi connectivity index (χ1v) is 6.90. The van der Waals surface area contributed by atoms with Crippen molar-refractivity contribution < 1.29 is 9.18 Å². The number of carbonyl (C=O) groups is 1. The van der Waals surface area contributed by atoms with E-state index in [0.717, 1.165) is 36.9 Å². The molecule has 0 aromatic heterocycles. The van der Waals surface area contributed by atoms with Crippen LogP contribution in [-0.2, 0) is 11.2 Å². The molecule has 0 aliphatic carbocycles. The van der Waals surface area contributed by atoms with E-state index < -0.39 is 0 Å². The van der Waals surface area contributed by atoms with Crippen molar-refractivity contribution in [3.8, 4) is 0 Å². The van der Waals surface area contributed by atoms with Crippen LogP contribution in [-0.4, -0.2) is 25.0 Å². The van der Waals surface area contributed by atoms with Crippen molar-refractivity contribution in [2.45, 2.75) is 38.6 Å². The number of hydrogen-bond acceptors (Lipinski definition) is 2. The smallest absolute Gasteiger partial charge is 0.221 e. The second-order valence-electron chi connectivity index (χ2n) is 5.17. The Morgan fingerprint density at radius 1 is 1.50 bits per heavy atom. The summed E-state index contributed by atoms with van der Waals surface area (Å²) in [7, 11) is 0. The van der Waals surface area contributed by atoms with Gasteiger partial charge in [-0.3, -0.25) is 4.79 Å². The average Bonchev–Trinajstić information content (AvgIpc) is 2.84. The highest BCUT2D eigenvalue weighted by Crippen LogP contribution is 2.11. The molecule has 1 amide bonds. The van der Waals surface area contributed by atoms with Gasteiger partial charge in [-0.1, -0.05) is 6.07 Å². The van der Waals surface area contributed by atoms with Crippen LogP contribution in [0.15, 0.2) is 18.2 Å². The number of nitrogens with one attached hydrogen (secondary N) is 2. The molecule has 1 aliphatic rings. The van der Waals surface area contributed by atoms with E-state index in [-0.39, 0.29) is 24.1 Å². The monoisotopic (exact) mass is 300 g/mol. The van der Waals surface area contributed by atoms with Crippen LogP contribution in [0.25, 0.3) is 0 Å². The highest BCUT2D eigenvalue weighted by molar-refractivity contribution is 5.85. The zero-order valence-corrected chi connectivity index (χ0v) is 12.6. The maximum Gasteiger partial charge on any atom is 0.221 e. The molecular formula is C15H22ClFN2O. The van der Waals surface area contributed by atoms with Gasteiger partial charge in [-0.05, 0) is 56.0 Å². The van der Waals surface area contributed by atoms with Crippen molar-refractivity contribution in [1.29, 1.82) is 0 Å². The fourth-order valence-electron chi connectivity index (χ4n) is 2.50. The lowest BCUT2D eigenvalue weighted by Gasteiger charge is -2.11. The number of rotatable bonds is 5. The van der Waals surface area contributed by atoms with Gasteiger partial charge in [-0.15, -0.1) is 12.4 Å². The minimum Gasteiger partial charge on any atom is -0.356 e. The van der Waals surface area contributed by atoms with Gasteiger partial charge in [-0.2, -0.15) is 0 Å². The van der Waals surface area contributed by atoms with Crippen LogP contribution in [0.2, 0.25) is 0 Å². The lowest BCUT2D eigenvalue weighted by atomic mass is 10.1. The zero-order chi connectivity index (χ0) is 13.7. The largest absolute Gasteiger partial charge is 0.356 e. The third-order valence-electron chi connectivity index (χ3n) is 3.62. The van der Waals surface area contributed by atoms with Crippen molar-refractivity contribution in [2.24, 2.45) is 0 Å². The summed E-state index contributed by atoms with van der Waals surface area (Å²) in [6, 6.07) is 5.12. The fraction of sp³-hybridized carbons (Fsp3) is 0.533. The van der Waals surface area contributed by atoms with E-state index >= 15 is 0 Å². The third kappa shape index (κ3) is 5.10. The first-order chi connectivity index (χ1) is 9.15. The van der Waals surface area contributed by atoms with Gasteiger partial charge < -0.3 is 10.6 Å². The number of benzene rings is 1. The molecule has 1 atom stereocenters. The zero-order valence-electron chi connectivity index (χ0n) is 11.7. The molecule has 1 fully saturated rings. The van der Waals surface area contributed by atoms with Gasteiger partial charge in [0.1, 0.15) is 5.82 Å². The van der Waals surface area contributed by atoms with Gasteiger partial charge in [0.05, 0.1) is 0 Å². The van der Waals surface area contributed by atoms with E-state index in [1.807, 2.05) is 6.92 Å². The SMILES string of the molecule is Cc1cc(F)ccc1CCNC(=O)CC1CCCN1.Cl. The second-order valence-corrected chi connectivity index (χ2v) is 5.17. The molecule has 112 valence electrons. The lowest BCUT2D eigenvalue weighted by molar-refractivity contribution is -0.121. The molecule has 1 saturated heterocycles.